The molecule has 1 amide bonds. The highest BCUT2D eigenvalue weighted by Gasteiger charge is 2.08. The first-order valence-corrected chi connectivity index (χ1v) is 7.65. The van der Waals surface area contributed by atoms with E-state index >= 15 is 0 Å². The van der Waals surface area contributed by atoms with Crippen molar-refractivity contribution in [3.8, 4) is 0 Å². The number of carbonyl (C=O) groups excluding carboxylic acids is 1. The van der Waals surface area contributed by atoms with Crippen LogP contribution in [0.3, 0.4) is 0 Å². The molecule has 0 spiro atoms. The largest absolute Gasteiger partial charge is 0.366 e. The number of alkyl halides is 1. The van der Waals surface area contributed by atoms with E-state index in [4.69, 9.17) is 21.9 Å². The second-order valence-electron chi connectivity index (χ2n) is 3.84. The fourth-order valence-corrected chi connectivity index (χ4v) is 1.88. The fourth-order valence-electron chi connectivity index (χ4n) is 1.26. The summed E-state index contributed by atoms with van der Waals surface area (Å²) < 4.78 is 29.1. The zero-order valence-electron chi connectivity index (χ0n) is 10.8. The normalized spacial score (nSPS) is 10.4. The Labute approximate surface area is 127 Å². The van der Waals surface area contributed by atoms with Crippen molar-refractivity contribution < 1.29 is 17.8 Å². The second kappa shape index (κ2) is 7.72. The number of rotatable bonds is 3. The molecule has 6 nitrogen and oxygen atoms in total. The van der Waals surface area contributed by atoms with Gasteiger partial charge in [-0.1, -0.05) is 18.2 Å². The van der Waals surface area contributed by atoms with Gasteiger partial charge in [0.15, 0.2) is 5.03 Å². The van der Waals surface area contributed by atoms with Gasteiger partial charge < -0.3 is 5.73 Å². The molecule has 21 heavy (non-hydrogen) atoms. The lowest BCUT2D eigenvalue weighted by Crippen LogP contribution is -2.10. The summed E-state index contributed by atoms with van der Waals surface area (Å²) in [5.41, 5.74) is 6.53. The fraction of sp³-hybridized carbons (Fsp3) is 0.0769. The predicted octanol–water partition coefficient (Wildman–Crippen LogP) is 1.85. The first-order valence-electron chi connectivity index (χ1n) is 5.68. The molecule has 0 atom stereocenters. The lowest BCUT2D eigenvalue weighted by atomic mass is 10.1. The Morgan fingerprint density at radius 1 is 1.19 bits per heavy atom. The highest BCUT2D eigenvalue weighted by Crippen LogP contribution is 2.05. The van der Waals surface area contributed by atoms with Gasteiger partial charge in [-0.2, -0.15) is 8.42 Å². The summed E-state index contributed by atoms with van der Waals surface area (Å²) in [6, 6.07) is 11.2. The van der Waals surface area contributed by atoms with Gasteiger partial charge in [-0.3, -0.25) is 9.35 Å². The molecule has 1 aromatic heterocycles. The molecule has 0 radical (unpaired) electrons. The minimum Gasteiger partial charge on any atom is -0.366 e. The maximum atomic E-state index is 10.6. The van der Waals surface area contributed by atoms with E-state index in [0.717, 1.165) is 5.56 Å². The van der Waals surface area contributed by atoms with Gasteiger partial charge in [-0.25, -0.2) is 4.98 Å². The van der Waals surface area contributed by atoms with Crippen LogP contribution in [0.2, 0.25) is 0 Å². The van der Waals surface area contributed by atoms with Crippen LogP contribution < -0.4 is 5.73 Å². The van der Waals surface area contributed by atoms with E-state index in [2.05, 4.69) is 4.98 Å². The lowest BCUT2D eigenvalue weighted by Gasteiger charge is -1.96. The highest BCUT2D eigenvalue weighted by atomic mass is 35.5. The number of nitrogens with zero attached hydrogens (tertiary/aromatic N) is 1. The first-order chi connectivity index (χ1) is 9.84. The van der Waals surface area contributed by atoms with Crippen LogP contribution in [0.15, 0.2) is 53.7 Å². The number of nitrogens with two attached hydrogens (primary N) is 1. The molecule has 0 aliphatic carbocycles. The van der Waals surface area contributed by atoms with Crippen LogP contribution in [0.5, 0.6) is 0 Å². The number of halogens is 1. The molecule has 2 rings (SSSR count). The van der Waals surface area contributed by atoms with Gasteiger partial charge in [0.1, 0.15) is 0 Å². The van der Waals surface area contributed by atoms with Crippen LogP contribution in [-0.4, -0.2) is 23.9 Å². The summed E-state index contributed by atoms with van der Waals surface area (Å²) in [5.74, 6) is 0.0464. The van der Waals surface area contributed by atoms with Crippen LogP contribution in [0, 0.1) is 0 Å². The van der Waals surface area contributed by atoms with Crippen molar-refractivity contribution in [1.29, 1.82) is 0 Å². The number of hydrogen-bond donors (Lipinski definition) is 2. The Balaban J connectivity index is 0.000000211. The topological polar surface area (TPSA) is 110 Å². The van der Waals surface area contributed by atoms with E-state index < -0.39 is 16.0 Å². The zero-order chi connectivity index (χ0) is 15.9. The minimum absolute atomic E-state index is 0.324. The summed E-state index contributed by atoms with van der Waals surface area (Å²) >= 11 is 5.54. The molecular formula is C13H13ClN2O4S. The molecule has 0 saturated heterocycles. The lowest BCUT2D eigenvalue weighted by molar-refractivity contribution is 0.100. The highest BCUT2D eigenvalue weighted by molar-refractivity contribution is 7.85. The number of aromatic nitrogens is 1. The number of hydrogen-bond acceptors (Lipinski definition) is 4. The van der Waals surface area contributed by atoms with Crippen molar-refractivity contribution in [2.24, 2.45) is 5.73 Å². The molecule has 0 aliphatic heterocycles. The second-order valence-corrected chi connectivity index (χ2v) is 5.47. The SMILES string of the molecule is NC(=O)c1ccc(CCl)cc1.O=S(=O)(O)c1ccccn1. The summed E-state index contributed by atoms with van der Waals surface area (Å²) in [5, 5.41) is -0.324. The van der Waals surface area contributed by atoms with Crippen molar-refractivity contribution >= 4 is 27.6 Å². The van der Waals surface area contributed by atoms with Crippen LogP contribution in [0.1, 0.15) is 15.9 Å². The molecule has 0 fully saturated rings. The van der Waals surface area contributed by atoms with Gasteiger partial charge in [0.25, 0.3) is 0 Å². The summed E-state index contributed by atoms with van der Waals surface area (Å²) in [6.45, 7) is 0. The molecule has 0 saturated carbocycles. The quantitative estimate of drug-likeness (QED) is 0.660. The molecular weight excluding hydrogens is 316 g/mol. The van der Waals surface area contributed by atoms with Crippen LogP contribution in [0.4, 0.5) is 0 Å². The Kier molecular flexibility index (Phi) is 6.29. The molecule has 112 valence electrons. The average Bonchev–Trinajstić information content (AvgIpc) is 2.48. The maximum absolute atomic E-state index is 10.6. The molecule has 3 N–H and O–H groups in total. The number of pyridine rings is 1. The smallest absolute Gasteiger partial charge is 0.312 e. The first kappa shape index (κ1) is 17.1. The standard InChI is InChI=1S/C8H8ClNO.C5H5NO3S/c9-5-6-1-3-7(4-2-6)8(10)11;7-10(8,9)5-3-1-2-4-6-5/h1-4H,5H2,(H2,10,11);1-4H,(H,7,8,9). The molecule has 0 unspecified atom stereocenters. The monoisotopic (exact) mass is 328 g/mol. The van der Waals surface area contributed by atoms with Crippen molar-refractivity contribution in [2.45, 2.75) is 10.9 Å². The van der Waals surface area contributed by atoms with E-state index in [0.29, 0.717) is 11.4 Å². The van der Waals surface area contributed by atoms with E-state index in [-0.39, 0.29) is 5.03 Å². The third-order valence-electron chi connectivity index (χ3n) is 2.29. The third kappa shape index (κ3) is 5.90. The van der Waals surface area contributed by atoms with E-state index in [9.17, 15) is 13.2 Å². The van der Waals surface area contributed by atoms with Gasteiger partial charge >= 0.3 is 10.1 Å². The van der Waals surface area contributed by atoms with Gasteiger partial charge in [0.05, 0.1) is 0 Å². The van der Waals surface area contributed by atoms with Gasteiger partial charge in [0, 0.05) is 17.6 Å². The Morgan fingerprint density at radius 3 is 2.14 bits per heavy atom. The van der Waals surface area contributed by atoms with E-state index in [1.54, 1.807) is 30.3 Å². The van der Waals surface area contributed by atoms with Gasteiger partial charge in [-0.15, -0.1) is 11.6 Å². The van der Waals surface area contributed by atoms with Crippen molar-refractivity contribution in [3.63, 3.8) is 0 Å². The Bertz CT molecular complexity index is 688. The van der Waals surface area contributed by atoms with Gasteiger partial charge in [0.2, 0.25) is 5.91 Å². The van der Waals surface area contributed by atoms with Crippen molar-refractivity contribution in [2.75, 3.05) is 0 Å². The zero-order valence-corrected chi connectivity index (χ0v) is 12.4. The number of primary amides is 1. The molecule has 2 aromatic rings. The van der Waals surface area contributed by atoms with Crippen molar-refractivity contribution in [1.82, 2.24) is 4.98 Å². The molecule has 1 heterocycles. The summed E-state index contributed by atoms with van der Waals surface area (Å²) in [6.07, 6.45) is 1.29. The predicted molar refractivity (Wildman–Crippen MR) is 78.6 cm³/mol. The number of amides is 1. The summed E-state index contributed by atoms with van der Waals surface area (Å²) in [4.78, 5) is 14.0. The number of carbonyl (C=O) groups is 1. The molecule has 0 bridgehead atoms. The van der Waals surface area contributed by atoms with E-state index in [1.165, 1.54) is 18.3 Å². The van der Waals surface area contributed by atoms with Crippen LogP contribution in [0.25, 0.3) is 0 Å². The maximum Gasteiger partial charge on any atom is 0.312 e. The molecule has 0 aliphatic rings. The number of benzene rings is 1. The Hall–Kier alpha value is -1.96. The molecule has 8 heteroatoms. The van der Waals surface area contributed by atoms with Gasteiger partial charge in [-0.05, 0) is 29.8 Å². The third-order valence-corrected chi connectivity index (χ3v) is 3.37. The average molecular weight is 329 g/mol. The van der Waals surface area contributed by atoms with Crippen LogP contribution >= 0.6 is 11.6 Å². The van der Waals surface area contributed by atoms with Crippen molar-refractivity contribution in [3.05, 3.63) is 59.8 Å². The van der Waals surface area contributed by atoms with E-state index in [1.807, 2.05) is 0 Å². The minimum atomic E-state index is -4.11. The molecule has 1 aromatic carbocycles. The summed E-state index contributed by atoms with van der Waals surface area (Å²) in [7, 11) is -4.11. The Morgan fingerprint density at radius 2 is 1.81 bits per heavy atom. The van der Waals surface area contributed by atoms with Crippen LogP contribution in [-0.2, 0) is 16.0 Å².